The molecule has 2 rings (SSSR count). The summed E-state index contributed by atoms with van der Waals surface area (Å²) in [4.78, 5) is 0. The van der Waals surface area contributed by atoms with E-state index in [-0.39, 0.29) is 24.1 Å². The van der Waals surface area contributed by atoms with Crippen LogP contribution in [0.4, 0.5) is 0 Å². The summed E-state index contributed by atoms with van der Waals surface area (Å²) in [6.45, 7) is 3.91. The van der Waals surface area contributed by atoms with Crippen LogP contribution in [0.1, 0.15) is 57.8 Å². The molecule has 5 nitrogen and oxygen atoms in total. The van der Waals surface area contributed by atoms with Crippen LogP contribution >= 0.6 is 0 Å². The van der Waals surface area contributed by atoms with Gasteiger partial charge in [0.15, 0.2) is 17.8 Å². The Balaban J connectivity index is 2.03. The first kappa shape index (κ1) is 18.0. The number of hydrogen-bond donors (Lipinski definition) is 2. The van der Waals surface area contributed by atoms with Crippen molar-refractivity contribution in [1.29, 1.82) is 0 Å². The lowest BCUT2D eigenvalue weighted by Gasteiger charge is -2.36. The minimum Gasteiger partial charge on any atom is -0.504 e. The van der Waals surface area contributed by atoms with Crippen molar-refractivity contribution in [1.82, 2.24) is 0 Å². The van der Waals surface area contributed by atoms with Gasteiger partial charge < -0.3 is 24.4 Å². The number of aliphatic hydroxyl groups excluding tert-OH is 1. The first-order valence-corrected chi connectivity index (χ1v) is 8.39. The molecule has 0 radical (unpaired) electrons. The van der Waals surface area contributed by atoms with Crippen molar-refractivity contribution in [3.8, 4) is 11.5 Å². The summed E-state index contributed by atoms with van der Waals surface area (Å²) in [7, 11) is 1.52. The lowest BCUT2D eigenvalue weighted by molar-refractivity contribution is -0.249. The van der Waals surface area contributed by atoms with Gasteiger partial charge in [0.05, 0.1) is 25.4 Å². The van der Waals surface area contributed by atoms with Crippen LogP contribution in [0.15, 0.2) is 18.2 Å². The highest BCUT2D eigenvalue weighted by atomic mass is 16.7. The Bertz CT molecular complexity index is 488. The van der Waals surface area contributed by atoms with Gasteiger partial charge in [-0.3, -0.25) is 0 Å². The van der Waals surface area contributed by atoms with Crippen molar-refractivity contribution >= 4 is 0 Å². The highest BCUT2D eigenvalue weighted by molar-refractivity contribution is 5.42. The molecule has 1 fully saturated rings. The zero-order valence-corrected chi connectivity index (χ0v) is 14.2. The molecule has 0 spiro atoms. The van der Waals surface area contributed by atoms with E-state index in [2.05, 4.69) is 6.92 Å². The van der Waals surface area contributed by atoms with Gasteiger partial charge in [0, 0.05) is 12.0 Å². The number of ether oxygens (including phenoxy) is 3. The second-order valence-electron chi connectivity index (χ2n) is 6.20. The Labute approximate surface area is 138 Å². The van der Waals surface area contributed by atoms with Crippen LogP contribution in [0.5, 0.6) is 11.5 Å². The zero-order chi connectivity index (χ0) is 16.8. The van der Waals surface area contributed by atoms with Crippen LogP contribution in [-0.4, -0.2) is 35.6 Å². The van der Waals surface area contributed by atoms with E-state index in [0.29, 0.717) is 5.75 Å². The molecule has 1 heterocycles. The largest absolute Gasteiger partial charge is 0.504 e. The summed E-state index contributed by atoms with van der Waals surface area (Å²) in [6.07, 6.45) is 3.93. The number of methoxy groups -OCH3 is 1. The normalized spacial score (nSPS) is 26.0. The molecule has 1 aliphatic rings. The fraction of sp³-hybridized carbons (Fsp3) is 0.667. The quantitative estimate of drug-likeness (QED) is 0.803. The molecule has 5 heteroatoms. The molecular formula is C18H28O5. The van der Waals surface area contributed by atoms with E-state index in [1.165, 1.54) is 7.11 Å². The van der Waals surface area contributed by atoms with E-state index >= 15 is 0 Å². The molecular weight excluding hydrogens is 296 g/mol. The van der Waals surface area contributed by atoms with Gasteiger partial charge in [-0.25, -0.2) is 0 Å². The van der Waals surface area contributed by atoms with Crippen molar-refractivity contribution in [2.24, 2.45) is 0 Å². The standard InChI is InChI=1S/C18H28O5/c1-4-14-11-15(7-5-6-12(2)19)23-18(22-14)13-8-9-17(21-3)16(20)10-13/h8-10,12,14-15,18-20H,4-7,11H2,1-3H3/t12-,14?,15?,18?/m0/s1. The van der Waals surface area contributed by atoms with Crippen LogP contribution in [0.3, 0.4) is 0 Å². The molecule has 1 aromatic carbocycles. The van der Waals surface area contributed by atoms with Gasteiger partial charge >= 0.3 is 0 Å². The monoisotopic (exact) mass is 324 g/mol. The number of phenolic OH excluding ortho intramolecular Hbond substituents is 1. The molecule has 4 atom stereocenters. The van der Waals surface area contributed by atoms with Gasteiger partial charge in [-0.2, -0.15) is 0 Å². The first-order valence-electron chi connectivity index (χ1n) is 8.39. The van der Waals surface area contributed by atoms with Gasteiger partial charge in [0.1, 0.15) is 0 Å². The van der Waals surface area contributed by atoms with Crippen LogP contribution in [-0.2, 0) is 9.47 Å². The predicted molar refractivity (Wildman–Crippen MR) is 87.6 cm³/mol. The Kier molecular flexibility index (Phi) is 6.69. The lowest BCUT2D eigenvalue weighted by atomic mass is 10.0. The van der Waals surface area contributed by atoms with Crippen molar-refractivity contribution in [2.75, 3.05) is 7.11 Å². The minimum absolute atomic E-state index is 0.0847. The van der Waals surface area contributed by atoms with E-state index in [1.807, 2.05) is 13.0 Å². The number of aromatic hydroxyl groups is 1. The summed E-state index contributed by atoms with van der Waals surface area (Å²) in [6, 6.07) is 5.21. The molecule has 23 heavy (non-hydrogen) atoms. The number of aliphatic hydroxyl groups is 1. The van der Waals surface area contributed by atoms with Crippen LogP contribution in [0.25, 0.3) is 0 Å². The van der Waals surface area contributed by atoms with Crippen molar-refractivity contribution in [2.45, 2.75) is 70.6 Å². The summed E-state index contributed by atoms with van der Waals surface area (Å²) >= 11 is 0. The van der Waals surface area contributed by atoms with Crippen LogP contribution in [0, 0.1) is 0 Å². The summed E-state index contributed by atoms with van der Waals surface area (Å²) in [5.74, 6) is 0.520. The molecule has 2 N–H and O–H groups in total. The maximum atomic E-state index is 9.95. The van der Waals surface area contributed by atoms with E-state index in [9.17, 15) is 10.2 Å². The lowest BCUT2D eigenvalue weighted by Crippen LogP contribution is -2.33. The molecule has 0 saturated carbocycles. The first-order chi connectivity index (χ1) is 11.0. The fourth-order valence-corrected chi connectivity index (χ4v) is 2.89. The topological polar surface area (TPSA) is 68.2 Å². The second-order valence-corrected chi connectivity index (χ2v) is 6.20. The van der Waals surface area contributed by atoms with E-state index < -0.39 is 6.29 Å². The maximum Gasteiger partial charge on any atom is 0.184 e. The molecule has 1 aliphatic heterocycles. The summed E-state index contributed by atoms with van der Waals surface area (Å²) in [5.41, 5.74) is 0.793. The Hall–Kier alpha value is -1.30. The zero-order valence-electron chi connectivity index (χ0n) is 14.2. The van der Waals surface area contributed by atoms with E-state index in [4.69, 9.17) is 14.2 Å². The molecule has 0 bridgehead atoms. The third kappa shape index (κ3) is 5.09. The maximum absolute atomic E-state index is 9.95. The van der Waals surface area contributed by atoms with Crippen molar-refractivity contribution in [3.63, 3.8) is 0 Å². The summed E-state index contributed by atoms with van der Waals surface area (Å²) < 4.78 is 17.1. The molecule has 3 unspecified atom stereocenters. The van der Waals surface area contributed by atoms with Gasteiger partial charge in [-0.15, -0.1) is 0 Å². The third-order valence-corrected chi connectivity index (χ3v) is 4.24. The number of phenols is 1. The van der Waals surface area contributed by atoms with E-state index in [0.717, 1.165) is 37.7 Å². The molecule has 0 amide bonds. The number of benzene rings is 1. The molecule has 1 aromatic rings. The average molecular weight is 324 g/mol. The minimum atomic E-state index is -0.470. The predicted octanol–water partition coefficient (Wildman–Crippen LogP) is 3.53. The molecule has 130 valence electrons. The van der Waals surface area contributed by atoms with Gasteiger partial charge in [-0.05, 0) is 44.7 Å². The smallest absolute Gasteiger partial charge is 0.184 e. The van der Waals surface area contributed by atoms with E-state index in [1.54, 1.807) is 12.1 Å². The second kappa shape index (κ2) is 8.52. The molecule has 0 aromatic heterocycles. The molecule has 0 aliphatic carbocycles. The Morgan fingerprint density at radius 1 is 1.30 bits per heavy atom. The van der Waals surface area contributed by atoms with Crippen molar-refractivity contribution in [3.05, 3.63) is 23.8 Å². The number of hydrogen-bond acceptors (Lipinski definition) is 5. The highest BCUT2D eigenvalue weighted by Gasteiger charge is 2.30. The SMILES string of the molecule is CCC1CC(CCC[C@H](C)O)OC(c2ccc(OC)c(O)c2)O1. The highest BCUT2D eigenvalue weighted by Crippen LogP contribution is 2.36. The fourth-order valence-electron chi connectivity index (χ4n) is 2.89. The van der Waals surface area contributed by atoms with Gasteiger partial charge in [0.2, 0.25) is 0 Å². The summed E-state index contributed by atoms with van der Waals surface area (Å²) in [5, 5.41) is 19.3. The molecule has 1 saturated heterocycles. The number of rotatable bonds is 7. The van der Waals surface area contributed by atoms with Crippen molar-refractivity contribution < 1.29 is 24.4 Å². The van der Waals surface area contributed by atoms with Gasteiger partial charge in [-0.1, -0.05) is 13.0 Å². The average Bonchev–Trinajstić information content (AvgIpc) is 2.54. The Morgan fingerprint density at radius 2 is 2.04 bits per heavy atom. The third-order valence-electron chi connectivity index (χ3n) is 4.24. The van der Waals surface area contributed by atoms with Crippen LogP contribution in [0.2, 0.25) is 0 Å². The van der Waals surface area contributed by atoms with Crippen LogP contribution < -0.4 is 4.74 Å². The van der Waals surface area contributed by atoms with Gasteiger partial charge in [0.25, 0.3) is 0 Å². The Morgan fingerprint density at radius 3 is 2.65 bits per heavy atom.